The van der Waals surface area contributed by atoms with Crippen LogP contribution in [0.3, 0.4) is 0 Å². The van der Waals surface area contributed by atoms with Crippen molar-refractivity contribution in [1.29, 1.82) is 0 Å². The summed E-state index contributed by atoms with van der Waals surface area (Å²) in [6.07, 6.45) is 4.48. The summed E-state index contributed by atoms with van der Waals surface area (Å²) in [6.45, 7) is -13.1. The predicted molar refractivity (Wildman–Crippen MR) is 182 cm³/mol. The van der Waals surface area contributed by atoms with Gasteiger partial charge in [0, 0.05) is 34.4 Å². The zero-order chi connectivity index (χ0) is 36.0. The van der Waals surface area contributed by atoms with Crippen LogP contribution in [0.15, 0.2) is 91.7 Å². The second-order valence-electron chi connectivity index (χ2n) is 12.8. The van der Waals surface area contributed by atoms with Gasteiger partial charge in [-0.2, -0.15) is 0 Å². The molecule has 0 aromatic carbocycles. The first-order chi connectivity index (χ1) is 23.5. The summed E-state index contributed by atoms with van der Waals surface area (Å²) in [7, 11) is 0. The summed E-state index contributed by atoms with van der Waals surface area (Å²) in [5.74, 6) is -0.967. The number of halogens is 10. The fraction of sp³-hybridized carbons (Fsp3) is 0.286. The van der Waals surface area contributed by atoms with Gasteiger partial charge in [-0.3, -0.25) is 18.8 Å². The molecule has 0 fully saturated rings. The predicted octanol–water partition coefficient (Wildman–Crippen LogP) is 6.63. The topological polar surface area (TPSA) is 26.7 Å². The van der Waals surface area contributed by atoms with E-state index in [0.29, 0.717) is 40.2 Å². The van der Waals surface area contributed by atoms with E-state index in [0.717, 1.165) is 36.9 Å². The Hall–Kier alpha value is -3.54. The SMILES string of the molecule is CCC1=C(CC)C(C2=[N+]3C(=CN4N(c5ccc(Br)c[n+]5[B-]4(F)F)[B-]3(F)F)C(CC)=C2CC)=[N+]2C1=CN1N(c3ccc(Br)c[n+]3[B-]1(F)F)[B-]2(F)F. The van der Waals surface area contributed by atoms with Gasteiger partial charge in [0.2, 0.25) is 23.1 Å². The molecule has 8 rings (SSSR count). The molecule has 0 radical (unpaired) electrons. The molecule has 2 aromatic rings. The van der Waals surface area contributed by atoms with Gasteiger partial charge < -0.3 is 53.3 Å². The molecular weight excluding hydrogens is 803 g/mol. The average Bonchev–Trinajstić information content (AvgIpc) is 3.70. The summed E-state index contributed by atoms with van der Waals surface area (Å²) < 4.78 is 136. The van der Waals surface area contributed by atoms with Gasteiger partial charge in [-0.15, -0.1) is 0 Å². The number of pyridine rings is 2. The molecule has 0 unspecified atom stereocenters. The first-order valence-corrected chi connectivity index (χ1v) is 18.0. The minimum atomic E-state index is -5.15. The molecule has 6 aliphatic rings. The van der Waals surface area contributed by atoms with Crippen LogP contribution in [-0.2, 0) is 0 Å². The third kappa shape index (κ3) is 3.91. The first kappa shape index (κ1) is 33.6. The Morgan fingerprint density at radius 2 is 0.860 bits per heavy atom. The number of hydrogen-bond donors (Lipinski definition) is 0. The Balaban J connectivity index is 1.47. The number of hydrogen-bond acceptors (Lipinski definition) is 4. The fourth-order valence-electron chi connectivity index (χ4n) is 8.46. The molecule has 0 saturated carbocycles. The summed E-state index contributed by atoms with van der Waals surface area (Å²) >= 11 is 6.30. The summed E-state index contributed by atoms with van der Waals surface area (Å²) in [5, 5.41) is 0. The quantitative estimate of drug-likeness (QED) is 0.250. The van der Waals surface area contributed by atoms with Crippen LogP contribution in [0, 0.1) is 0 Å². The van der Waals surface area contributed by atoms with Gasteiger partial charge in [-0.1, -0.05) is 27.7 Å². The number of aromatic nitrogens is 2. The summed E-state index contributed by atoms with van der Waals surface area (Å²) in [4.78, 5) is 1.02. The van der Waals surface area contributed by atoms with Gasteiger partial charge in [0.15, 0.2) is 11.4 Å². The number of allylic oxidation sites excluding steroid dienone is 4. The number of rotatable bonds is 5. The highest BCUT2D eigenvalue weighted by Crippen LogP contribution is 2.48. The van der Waals surface area contributed by atoms with Crippen LogP contribution in [0.4, 0.5) is 46.2 Å². The van der Waals surface area contributed by atoms with E-state index in [2.05, 4.69) is 31.9 Å². The van der Waals surface area contributed by atoms with E-state index in [-0.39, 0.29) is 77.1 Å². The maximum Gasteiger partial charge on any atom is 0.850 e. The Bertz CT molecular complexity index is 2000. The normalized spacial score (nSPS) is 23.3. The van der Waals surface area contributed by atoms with E-state index in [1.807, 2.05) is 0 Å². The van der Waals surface area contributed by atoms with Gasteiger partial charge in [-0.25, -0.2) is 0 Å². The van der Waals surface area contributed by atoms with E-state index < -0.39 is 39.5 Å². The van der Waals surface area contributed by atoms with Crippen molar-refractivity contribution < 1.29 is 52.5 Å². The van der Waals surface area contributed by atoms with Crippen molar-refractivity contribution in [3.8, 4) is 0 Å². The van der Waals surface area contributed by atoms with Gasteiger partial charge >= 0.3 is 27.9 Å². The number of nitrogens with zero attached hydrogens (tertiary/aromatic N) is 8. The number of hydrazine groups is 2. The minimum Gasteiger partial charge on any atom is -0.413 e. The number of fused-ring (bicyclic) bond motifs is 8. The van der Waals surface area contributed by atoms with Crippen LogP contribution >= 0.6 is 31.9 Å². The van der Waals surface area contributed by atoms with Crippen molar-refractivity contribution in [3.05, 3.63) is 91.7 Å². The van der Waals surface area contributed by atoms with Crippen LogP contribution in [0.5, 0.6) is 0 Å². The second-order valence-corrected chi connectivity index (χ2v) is 14.7. The lowest BCUT2D eigenvalue weighted by molar-refractivity contribution is -0.550. The Morgan fingerprint density at radius 3 is 1.18 bits per heavy atom. The molecule has 8 nitrogen and oxygen atoms in total. The smallest absolute Gasteiger partial charge is 0.413 e. The van der Waals surface area contributed by atoms with E-state index in [1.54, 1.807) is 27.7 Å². The maximum atomic E-state index is 17.4. The highest BCUT2D eigenvalue weighted by molar-refractivity contribution is 9.10. The molecule has 6 aliphatic heterocycles. The number of anilines is 2. The van der Waals surface area contributed by atoms with Crippen molar-refractivity contribution in [2.75, 3.05) is 9.84 Å². The van der Waals surface area contributed by atoms with E-state index in [9.17, 15) is 0 Å². The van der Waals surface area contributed by atoms with Crippen molar-refractivity contribution in [1.82, 2.24) is 9.84 Å². The van der Waals surface area contributed by atoms with Crippen molar-refractivity contribution in [3.63, 3.8) is 0 Å². The van der Waals surface area contributed by atoms with E-state index in [4.69, 9.17) is 0 Å². The molecule has 2 aromatic heterocycles. The molecule has 8 heterocycles. The summed E-state index contributed by atoms with van der Waals surface area (Å²) in [6, 6.07) is 5.03. The molecular formula is C28H28B4Br2F8N8. The molecule has 262 valence electrons. The highest BCUT2D eigenvalue weighted by atomic mass is 79.9. The molecule has 0 spiro atoms. The third-order valence-electron chi connectivity index (χ3n) is 10.4. The Kier molecular flexibility index (Phi) is 7.06. The third-order valence-corrected chi connectivity index (χ3v) is 11.3. The largest absolute Gasteiger partial charge is 0.850 e. The molecule has 0 amide bonds. The van der Waals surface area contributed by atoms with Crippen molar-refractivity contribution in [2.45, 2.75) is 53.4 Å². The molecule has 22 heteroatoms. The zero-order valence-corrected chi connectivity index (χ0v) is 30.3. The zero-order valence-electron chi connectivity index (χ0n) is 27.1. The lowest BCUT2D eigenvalue weighted by atomic mass is 9.87. The standard InChI is InChI=1S/C28H28B4Br2F8N8/c1-5-19-21(7-3)27(47-23(19)15-45-29(35,36)43-13-17(33)9-11-25(43)49(45)31(47,39)40)28-22(8-4)20(6-2)24-16-46-30(37,38)44-14-18(34)10-12-26(44)50(46)32(41,42)48(24)28/h9-16H,5-8H2,1-4H3. The lowest BCUT2D eigenvalue weighted by Gasteiger charge is -2.41. The van der Waals surface area contributed by atoms with Gasteiger partial charge in [0.05, 0.1) is 33.7 Å². The summed E-state index contributed by atoms with van der Waals surface area (Å²) in [5.41, 5.74) is 0.292. The fourth-order valence-corrected chi connectivity index (χ4v) is 9.17. The lowest BCUT2D eigenvalue weighted by Crippen LogP contribution is -2.70. The van der Waals surface area contributed by atoms with Gasteiger partial charge in [0.1, 0.15) is 0 Å². The van der Waals surface area contributed by atoms with Crippen molar-refractivity contribution >= 4 is 82.8 Å². The highest BCUT2D eigenvalue weighted by Gasteiger charge is 2.75. The molecule has 0 N–H and O–H groups in total. The van der Waals surface area contributed by atoms with Crippen LogP contribution in [0.1, 0.15) is 53.4 Å². The average molecular weight is 832 g/mol. The van der Waals surface area contributed by atoms with Gasteiger partial charge in [0.25, 0.3) is 0 Å². The molecule has 50 heavy (non-hydrogen) atoms. The van der Waals surface area contributed by atoms with Crippen LogP contribution in [0.2, 0.25) is 0 Å². The van der Waals surface area contributed by atoms with Gasteiger partial charge in [-0.05, 0) is 69.7 Å². The molecule has 0 atom stereocenters. The molecule has 0 saturated heterocycles. The molecule has 0 bridgehead atoms. The van der Waals surface area contributed by atoms with E-state index in [1.165, 1.54) is 12.1 Å². The van der Waals surface area contributed by atoms with Crippen molar-refractivity contribution in [2.24, 2.45) is 0 Å². The monoisotopic (exact) mass is 830 g/mol. The Morgan fingerprint density at radius 1 is 0.520 bits per heavy atom. The second kappa shape index (κ2) is 10.5. The van der Waals surface area contributed by atoms with Crippen LogP contribution in [0.25, 0.3) is 0 Å². The van der Waals surface area contributed by atoms with E-state index >= 15 is 34.5 Å². The Labute approximate surface area is 299 Å². The molecule has 0 aliphatic carbocycles. The van der Waals surface area contributed by atoms with Crippen LogP contribution in [-0.4, -0.2) is 58.1 Å². The maximum absolute atomic E-state index is 17.4. The first-order valence-electron chi connectivity index (χ1n) is 16.4. The minimum absolute atomic E-state index is 0.107. The van der Waals surface area contributed by atoms with Crippen LogP contribution < -0.4 is 18.8 Å².